The fourth-order valence-electron chi connectivity index (χ4n) is 3.95. The van der Waals surface area contributed by atoms with Crippen molar-refractivity contribution in [1.82, 2.24) is 10.3 Å². The summed E-state index contributed by atoms with van der Waals surface area (Å²) in [6.45, 7) is 3.96. The molecular formula is C16H16Cl2N2O. The Hall–Kier alpha value is -1.03. The average molecular weight is 323 g/mol. The zero-order chi connectivity index (χ0) is 14.6. The molecule has 21 heavy (non-hydrogen) atoms. The van der Waals surface area contributed by atoms with Crippen molar-refractivity contribution < 1.29 is 4.42 Å². The number of nitrogens with one attached hydrogen (secondary N) is 1. The van der Waals surface area contributed by atoms with Crippen LogP contribution in [0.2, 0.25) is 10.0 Å². The Balaban J connectivity index is 1.64. The molecular weight excluding hydrogens is 307 g/mol. The minimum Gasteiger partial charge on any atom is -0.446 e. The van der Waals surface area contributed by atoms with Gasteiger partial charge in [-0.15, -0.1) is 0 Å². The predicted molar refractivity (Wildman–Crippen MR) is 82.9 cm³/mol. The number of nitrogens with zero attached hydrogens (tertiary/aromatic N) is 1. The second-order valence-electron chi connectivity index (χ2n) is 6.08. The van der Waals surface area contributed by atoms with E-state index in [1.165, 1.54) is 5.56 Å². The number of fused-ring (bicyclic) bond motifs is 1. The number of hydrogen-bond donors (Lipinski definition) is 1. The summed E-state index contributed by atoms with van der Waals surface area (Å²) >= 11 is 12.2. The molecule has 1 N–H and O–H groups in total. The molecule has 2 aromatic rings. The highest BCUT2D eigenvalue weighted by Gasteiger charge is 2.67. The molecule has 5 heteroatoms. The fourth-order valence-corrected chi connectivity index (χ4v) is 4.25. The molecule has 3 nitrogen and oxygen atoms in total. The zero-order valence-electron chi connectivity index (χ0n) is 11.7. The maximum absolute atomic E-state index is 6.20. The highest BCUT2D eigenvalue weighted by atomic mass is 35.5. The zero-order valence-corrected chi connectivity index (χ0v) is 13.2. The van der Waals surface area contributed by atoms with Crippen LogP contribution in [0.5, 0.6) is 0 Å². The third kappa shape index (κ3) is 2.02. The highest BCUT2D eigenvalue weighted by molar-refractivity contribution is 6.42. The van der Waals surface area contributed by atoms with Crippen LogP contribution in [0.25, 0.3) is 0 Å². The predicted octanol–water partition coefficient (Wildman–Crippen LogP) is 3.62. The number of rotatable bonds is 3. The molecule has 1 aromatic heterocycles. The molecule has 110 valence electrons. The number of benzene rings is 1. The van der Waals surface area contributed by atoms with E-state index in [0.717, 1.165) is 31.2 Å². The molecule has 2 heterocycles. The molecule has 1 aliphatic carbocycles. The molecule has 0 amide bonds. The van der Waals surface area contributed by atoms with Crippen LogP contribution < -0.4 is 5.32 Å². The Morgan fingerprint density at radius 3 is 2.95 bits per heavy atom. The molecule has 4 rings (SSSR count). The van der Waals surface area contributed by atoms with E-state index in [1.807, 2.05) is 19.1 Å². The van der Waals surface area contributed by atoms with Gasteiger partial charge in [0, 0.05) is 18.4 Å². The average Bonchev–Trinajstić information content (AvgIpc) is 2.84. The lowest BCUT2D eigenvalue weighted by Gasteiger charge is -2.16. The number of halogens is 2. The Morgan fingerprint density at radius 2 is 2.24 bits per heavy atom. The van der Waals surface area contributed by atoms with E-state index in [1.54, 1.807) is 6.20 Å². The van der Waals surface area contributed by atoms with Crippen molar-refractivity contribution in [2.45, 2.75) is 18.8 Å². The number of aryl methyl sites for hydroxylation is 1. The van der Waals surface area contributed by atoms with Crippen molar-refractivity contribution in [1.29, 1.82) is 0 Å². The van der Waals surface area contributed by atoms with E-state index in [-0.39, 0.29) is 5.41 Å². The maximum Gasteiger partial charge on any atom is 0.194 e. The summed E-state index contributed by atoms with van der Waals surface area (Å²) in [4.78, 5) is 4.35. The Bertz CT molecular complexity index is 699. The van der Waals surface area contributed by atoms with E-state index >= 15 is 0 Å². The fraction of sp³-hybridized carbons (Fsp3) is 0.438. The van der Waals surface area contributed by atoms with Gasteiger partial charge >= 0.3 is 0 Å². The van der Waals surface area contributed by atoms with Crippen LogP contribution in [0.15, 0.2) is 28.8 Å². The van der Waals surface area contributed by atoms with Gasteiger partial charge in [-0.25, -0.2) is 4.98 Å². The van der Waals surface area contributed by atoms with Crippen LogP contribution in [0.1, 0.15) is 17.2 Å². The largest absolute Gasteiger partial charge is 0.446 e. The van der Waals surface area contributed by atoms with E-state index in [2.05, 4.69) is 16.4 Å². The Kier molecular flexibility index (Phi) is 3.07. The third-order valence-electron chi connectivity index (χ3n) is 5.00. The van der Waals surface area contributed by atoms with Crippen molar-refractivity contribution in [2.75, 3.05) is 13.1 Å². The minimum absolute atomic E-state index is 0.163. The summed E-state index contributed by atoms with van der Waals surface area (Å²) in [7, 11) is 0. The van der Waals surface area contributed by atoms with E-state index in [9.17, 15) is 0 Å². The number of hydrogen-bond acceptors (Lipinski definition) is 3. The molecule has 1 saturated carbocycles. The van der Waals surface area contributed by atoms with Crippen molar-refractivity contribution >= 4 is 23.2 Å². The van der Waals surface area contributed by atoms with Gasteiger partial charge in [-0.3, -0.25) is 0 Å². The van der Waals surface area contributed by atoms with Crippen molar-refractivity contribution in [2.24, 2.45) is 11.8 Å². The van der Waals surface area contributed by atoms with Crippen LogP contribution >= 0.6 is 23.2 Å². The topological polar surface area (TPSA) is 38.1 Å². The highest BCUT2D eigenvalue weighted by Crippen LogP contribution is 2.63. The summed E-state index contributed by atoms with van der Waals surface area (Å²) in [5, 5.41) is 4.73. The second-order valence-corrected chi connectivity index (χ2v) is 6.90. The van der Waals surface area contributed by atoms with Gasteiger partial charge in [0.15, 0.2) is 5.89 Å². The number of piperidine rings is 1. The Labute approximate surface area is 133 Å². The first kappa shape index (κ1) is 13.6. The molecule has 1 aromatic carbocycles. The standard InChI is InChI=1S/C16H16Cl2N2O/c1-9-6-20-15(21-9)5-11-12-7-19-8-16(11,12)10-2-3-13(17)14(18)4-10/h2-4,6,11-12,19H,5,7-8H2,1H3/t11-,12-,16-/m1/s1. The summed E-state index contributed by atoms with van der Waals surface area (Å²) in [5.41, 5.74) is 1.44. The van der Waals surface area contributed by atoms with Crippen LogP contribution in [0.3, 0.4) is 0 Å². The molecule has 3 atom stereocenters. The van der Waals surface area contributed by atoms with Gasteiger partial charge in [0.2, 0.25) is 0 Å². The van der Waals surface area contributed by atoms with Crippen molar-refractivity contribution in [3.05, 3.63) is 51.7 Å². The van der Waals surface area contributed by atoms with Crippen molar-refractivity contribution in [3.8, 4) is 0 Å². The molecule has 2 aliphatic rings. The lowest BCUT2D eigenvalue weighted by molar-refractivity contribution is 0.436. The van der Waals surface area contributed by atoms with E-state index < -0.39 is 0 Å². The number of aromatic nitrogens is 1. The van der Waals surface area contributed by atoms with E-state index in [0.29, 0.717) is 21.9 Å². The van der Waals surface area contributed by atoms with Crippen LogP contribution in [-0.4, -0.2) is 18.1 Å². The molecule has 1 aliphatic heterocycles. The third-order valence-corrected chi connectivity index (χ3v) is 5.74. The molecule has 2 fully saturated rings. The smallest absolute Gasteiger partial charge is 0.194 e. The summed E-state index contributed by atoms with van der Waals surface area (Å²) in [6, 6.07) is 6.02. The van der Waals surface area contributed by atoms with Gasteiger partial charge in [0.25, 0.3) is 0 Å². The monoisotopic (exact) mass is 322 g/mol. The SMILES string of the molecule is Cc1cnc(C[C@@H]2[C@H]3CNC[C@]32c2ccc(Cl)c(Cl)c2)o1. The van der Waals surface area contributed by atoms with Gasteiger partial charge < -0.3 is 9.73 Å². The van der Waals surface area contributed by atoms with Crippen LogP contribution in [-0.2, 0) is 11.8 Å². The van der Waals surface area contributed by atoms with Gasteiger partial charge in [0.1, 0.15) is 5.76 Å². The number of oxazole rings is 1. The molecule has 0 spiro atoms. The van der Waals surface area contributed by atoms with Gasteiger partial charge in [-0.05, 0) is 43.0 Å². The molecule has 0 radical (unpaired) electrons. The van der Waals surface area contributed by atoms with Gasteiger partial charge in [-0.1, -0.05) is 29.3 Å². The van der Waals surface area contributed by atoms with Gasteiger partial charge in [-0.2, -0.15) is 0 Å². The first-order valence-electron chi connectivity index (χ1n) is 7.19. The normalized spacial score (nSPS) is 30.4. The van der Waals surface area contributed by atoms with E-state index in [4.69, 9.17) is 27.6 Å². The molecule has 0 unspecified atom stereocenters. The van der Waals surface area contributed by atoms with Crippen molar-refractivity contribution in [3.63, 3.8) is 0 Å². The van der Waals surface area contributed by atoms with Gasteiger partial charge in [0.05, 0.1) is 16.2 Å². The second kappa shape index (κ2) is 4.73. The summed E-state index contributed by atoms with van der Waals surface area (Å²) < 4.78 is 5.64. The summed E-state index contributed by atoms with van der Waals surface area (Å²) in [6.07, 6.45) is 2.68. The first-order chi connectivity index (χ1) is 10.1. The first-order valence-corrected chi connectivity index (χ1v) is 7.94. The van der Waals surface area contributed by atoms with Crippen LogP contribution in [0, 0.1) is 18.8 Å². The van der Waals surface area contributed by atoms with Crippen LogP contribution in [0.4, 0.5) is 0 Å². The molecule has 1 saturated heterocycles. The quantitative estimate of drug-likeness (QED) is 0.937. The minimum atomic E-state index is 0.163. The lowest BCUT2D eigenvalue weighted by Crippen LogP contribution is -2.24. The summed E-state index contributed by atoms with van der Waals surface area (Å²) in [5.74, 6) is 2.90. The molecule has 0 bridgehead atoms. The maximum atomic E-state index is 6.20. The lowest BCUT2D eigenvalue weighted by atomic mass is 9.92. The Morgan fingerprint density at radius 1 is 1.38 bits per heavy atom.